The molecule has 0 unspecified atom stereocenters. The fraction of sp³-hybridized carbons (Fsp3) is 0.350. The van der Waals surface area contributed by atoms with Crippen LogP contribution in [0.2, 0.25) is 5.02 Å². The summed E-state index contributed by atoms with van der Waals surface area (Å²) in [7, 11) is -3.67. The Labute approximate surface area is 166 Å². The lowest BCUT2D eigenvalue weighted by atomic mass is 9.99. The van der Waals surface area contributed by atoms with E-state index in [0.29, 0.717) is 6.42 Å². The quantitative estimate of drug-likeness (QED) is 0.753. The van der Waals surface area contributed by atoms with E-state index in [1.165, 1.54) is 5.56 Å². The third-order valence-corrected chi connectivity index (χ3v) is 5.93. The molecule has 7 heteroatoms. The van der Waals surface area contributed by atoms with Gasteiger partial charge in [-0.1, -0.05) is 48.9 Å². The Morgan fingerprint density at radius 2 is 1.81 bits per heavy atom. The molecule has 0 bridgehead atoms. The van der Waals surface area contributed by atoms with Crippen molar-refractivity contribution in [2.75, 3.05) is 17.1 Å². The second-order valence-electron chi connectivity index (χ2n) is 6.59. The number of halogens is 1. The van der Waals surface area contributed by atoms with Gasteiger partial charge in [-0.05, 0) is 49.1 Å². The van der Waals surface area contributed by atoms with Crippen molar-refractivity contribution in [2.24, 2.45) is 0 Å². The molecule has 2 aromatic rings. The Morgan fingerprint density at radius 1 is 1.15 bits per heavy atom. The number of benzene rings is 2. The van der Waals surface area contributed by atoms with Crippen molar-refractivity contribution in [3.63, 3.8) is 0 Å². The lowest BCUT2D eigenvalue weighted by Crippen LogP contribution is -2.41. The zero-order chi connectivity index (χ0) is 20.2. The Morgan fingerprint density at radius 3 is 2.37 bits per heavy atom. The molecule has 0 saturated heterocycles. The van der Waals surface area contributed by atoms with Crippen LogP contribution < -0.4 is 9.62 Å². The summed E-state index contributed by atoms with van der Waals surface area (Å²) >= 11 is 6.13. The van der Waals surface area contributed by atoms with E-state index in [1.807, 2.05) is 39.0 Å². The highest BCUT2D eigenvalue weighted by Gasteiger charge is 2.24. The summed E-state index contributed by atoms with van der Waals surface area (Å²) in [5.41, 5.74) is 3.62. The zero-order valence-electron chi connectivity index (χ0n) is 16.0. The van der Waals surface area contributed by atoms with Crippen molar-refractivity contribution in [1.82, 2.24) is 5.32 Å². The van der Waals surface area contributed by atoms with Gasteiger partial charge in [0.05, 0.1) is 23.0 Å². The fourth-order valence-corrected chi connectivity index (χ4v) is 3.96. The van der Waals surface area contributed by atoms with Gasteiger partial charge < -0.3 is 5.32 Å². The van der Waals surface area contributed by atoms with Crippen LogP contribution in [0.1, 0.15) is 36.1 Å². The van der Waals surface area contributed by atoms with Crippen LogP contribution in [0.5, 0.6) is 0 Å². The zero-order valence-corrected chi connectivity index (χ0v) is 17.6. The van der Waals surface area contributed by atoms with Crippen LogP contribution in [-0.4, -0.2) is 27.1 Å². The van der Waals surface area contributed by atoms with Crippen LogP contribution >= 0.6 is 11.6 Å². The van der Waals surface area contributed by atoms with Gasteiger partial charge >= 0.3 is 0 Å². The molecule has 1 N–H and O–H groups in total. The molecule has 5 nitrogen and oxygen atoms in total. The molecule has 2 aromatic carbocycles. The Hall–Kier alpha value is -2.05. The molecule has 1 amide bonds. The molecule has 0 radical (unpaired) electrons. The number of rotatable bonds is 7. The maximum atomic E-state index is 12.6. The van der Waals surface area contributed by atoms with E-state index in [1.54, 1.807) is 24.3 Å². The predicted octanol–water partition coefficient (Wildman–Crippen LogP) is 3.99. The number of nitrogens with one attached hydrogen (secondary N) is 1. The minimum atomic E-state index is -3.67. The maximum Gasteiger partial charge on any atom is 0.241 e. The lowest BCUT2D eigenvalue weighted by molar-refractivity contribution is -0.120. The highest BCUT2D eigenvalue weighted by atomic mass is 35.5. The maximum absolute atomic E-state index is 12.6. The number of nitrogens with zero attached hydrogens (tertiary/aromatic N) is 1. The summed E-state index contributed by atoms with van der Waals surface area (Å²) in [6.45, 7) is 5.70. The van der Waals surface area contributed by atoms with Gasteiger partial charge in [0.25, 0.3) is 0 Å². The van der Waals surface area contributed by atoms with E-state index >= 15 is 0 Å². The van der Waals surface area contributed by atoms with Crippen molar-refractivity contribution < 1.29 is 13.2 Å². The Kier molecular flexibility index (Phi) is 6.89. The first kappa shape index (κ1) is 21.3. The van der Waals surface area contributed by atoms with Gasteiger partial charge in [0, 0.05) is 0 Å². The van der Waals surface area contributed by atoms with Gasteiger partial charge in [-0.3, -0.25) is 9.10 Å². The van der Waals surface area contributed by atoms with E-state index in [9.17, 15) is 13.2 Å². The molecule has 1 atom stereocenters. The average molecular weight is 409 g/mol. The Bertz CT molecular complexity index is 929. The molecule has 0 saturated carbocycles. The first-order chi connectivity index (χ1) is 12.6. The van der Waals surface area contributed by atoms with E-state index in [2.05, 4.69) is 5.32 Å². The minimum Gasteiger partial charge on any atom is -0.348 e. The molecule has 0 fully saturated rings. The monoisotopic (exact) mass is 408 g/mol. The number of hydrogen-bond donors (Lipinski definition) is 1. The van der Waals surface area contributed by atoms with E-state index in [0.717, 1.165) is 21.7 Å². The summed E-state index contributed by atoms with van der Waals surface area (Å²) in [6, 6.07) is 12.4. The number of anilines is 1. The molecule has 2 rings (SSSR count). The van der Waals surface area contributed by atoms with Crippen molar-refractivity contribution >= 4 is 33.2 Å². The predicted molar refractivity (Wildman–Crippen MR) is 111 cm³/mol. The van der Waals surface area contributed by atoms with Gasteiger partial charge in [-0.2, -0.15) is 0 Å². The smallest absolute Gasteiger partial charge is 0.241 e. The van der Waals surface area contributed by atoms with Crippen molar-refractivity contribution in [3.05, 3.63) is 64.2 Å². The molecular weight excluding hydrogens is 384 g/mol. The molecule has 0 aromatic heterocycles. The van der Waals surface area contributed by atoms with Gasteiger partial charge in [0.15, 0.2) is 0 Å². The number of aryl methyl sites for hydroxylation is 2. The number of para-hydroxylation sites is 1. The average Bonchev–Trinajstić information content (AvgIpc) is 2.60. The summed E-state index contributed by atoms with van der Waals surface area (Å²) in [6.07, 6.45) is 1.75. The summed E-state index contributed by atoms with van der Waals surface area (Å²) < 4.78 is 25.5. The van der Waals surface area contributed by atoms with Crippen LogP contribution in [0.15, 0.2) is 42.5 Å². The molecule has 27 heavy (non-hydrogen) atoms. The van der Waals surface area contributed by atoms with Crippen molar-refractivity contribution in [2.45, 2.75) is 33.2 Å². The van der Waals surface area contributed by atoms with Crippen LogP contribution in [-0.2, 0) is 14.8 Å². The van der Waals surface area contributed by atoms with Crippen LogP contribution in [0.4, 0.5) is 5.69 Å². The summed E-state index contributed by atoms with van der Waals surface area (Å²) in [5, 5.41) is 3.21. The second-order valence-corrected chi connectivity index (χ2v) is 8.91. The molecular formula is C20H25ClN2O3S. The number of sulfonamides is 1. The largest absolute Gasteiger partial charge is 0.348 e. The molecule has 146 valence electrons. The number of hydrogen-bond acceptors (Lipinski definition) is 3. The normalized spacial score (nSPS) is 12.5. The van der Waals surface area contributed by atoms with Crippen LogP contribution in [0.25, 0.3) is 0 Å². The van der Waals surface area contributed by atoms with Crippen molar-refractivity contribution in [3.8, 4) is 0 Å². The summed E-state index contributed by atoms with van der Waals surface area (Å²) in [5.74, 6) is -0.384. The van der Waals surface area contributed by atoms with Gasteiger partial charge in [-0.15, -0.1) is 0 Å². The van der Waals surface area contributed by atoms with E-state index < -0.39 is 10.0 Å². The number of amides is 1. The van der Waals surface area contributed by atoms with Crippen molar-refractivity contribution in [1.29, 1.82) is 0 Å². The number of carbonyl (C=O) groups excluding carboxylic acids is 1. The molecule has 0 aliphatic carbocycles. The second kappa shape index (κ2) is 8.76. The van der Waals surface area contributed by atoms with Crippen LogP contribution in [0, 0.1) is 13.8 Å². The van der Waals surface area contributed by atoms with Crippen LogP contribution in [0.3, 0.4) is 0 Å². The fourth-order valence-electron chi connectivity index (χ4n) is 2.81. The molecule has 0 aliphatic rings. The lowest BCUT2D eigenvalue weighted by Gasteiger charge is -2.25. The van der Waals surface area contributed by atoms with Gasteiger partial charge in [0.2, 0.25) is 15.9 Å². The van der Waals surface area contributed by atoms with E-state index in [4.69, 9.17) is 11.6 Å². The third-order valence-electron chi connectivity index (χ3n) is 4.49. The van der Waals surface area contributed by atoms with E-state index in [-0.39, 0.29) is 29.2 Å². The topological polar surface area (TPSA) is 66.5 Å². The SMILES string of the molecule is CC[C@@H](NC(=O)CN(c1ccccc1Cl)S(C)(=O)=O)c1ccc(C)c(C)c1. The molecule has 0 aliphatic heterocycles. The Balaban J connectivity index is 2.22. The first-order valence-corrected chi connectivity index (χ1v) is 10.9. The number of carbonyl (C=O) groups is 1. The summed E-state index contributed by atoms with van der Waals surface area (Å²) in [4.78, 5) is 12.6. The third kappa shape index (κ3) is 5.47. The molecule has 0 heterocycles. The highest BCUT2D eigenvalue weighted by molar-refractivity contribution is 7.92. The van der Waals surface area contributed by atoms with Gasteiger partial charge in [-0.25, -0.2) is 8.42 Å². The van der Waals surface area contributed by atoms with Gasteiger partial charge in [0.1, 0.15) is 6.54 Å². The first-order valence-electron chi connectivity index (χ1n) is 8.72. The molecule has 0 spiro atoms. The highest BCUT2D eigenvalue weighted by Crippen LogP contribution is 2.27. The minimum absolute atomic E-state index is 0.190. The standard InChI is InChI=1S/C20H25ClN2O3S/c1-5-18(16-11-10-14(2)15(3)12-16)22-20(24)13-23(27(4,25)26)19-9-7-6-8-17(19)21/h6-12,18H,5,13H2,1-4H3,(H,22,24)/t18-/m1/s1.